The van der Waals surface area contributed by atoms with Crippen LogP contribution in [0.5, 0.6) is 11.5 Å². The Balaban J connectivity index is 1.92. The molecule has 1 atom stereocenters. The first-order valence-electron chi connectivity index (χ1n) is 6.74. The standard InChI is InChI=1S/C15H18N2O2S/c1-9-10(2)20-15(17-9)14(16)11-4-5-12-13(8-11)19-7-3-6-18-12/h4-5,8,14H,3,6-7,16H2,1-2H3. The number of thiazole rings is 1. The highest BCUT2D eigenvalue weighted by Crippen LogP contribution is 2.34. The van der Waals surface area contributed by atoms with Gasteiger partial charge in [-0.05, 0) is 31.5 Å². The Morgan fingerprint density at radius 2 is 1.95 bits per heavy atom. The molecule has 1 aromatic carbocycles. The van der Waals surface area contributed by atoms with E-state index in [0.29, 0.717) is 13.2 Å². The number of nitrogens with zero attached hydrogens (tertiary/aromatic N) is 1. The van der Waals surface area contributed by atoms with Crippen LogP contribution in [0.1, 0.15) is 33.6 Å². The molecule has 3 rings (SSSR count). The molecule has 0 bridgehead atoms. The Morgan fingerprint density at radius 1 is 1.20 bits per heavy atom. The number of hydrogen-bond donors (Lipinski definition) is 1. The fraction of sp³-hybridized carbons (Fsp3) is 0.400. The molecule has 1 unspecified atom stereocenters. The number of ether oxygens (including phenoxy) is 2. The molecule has 0 radical (unpaired) electrons. The average Bonchev–Trinajstić information content (AvgIpc) is 2.67. The number of benzene rings is 1. The van der Waals surface area contributed by atoms with Gasteiger partial charge in [0, 0.05) is 11.3 Å². The second kappa shape index (κ2) is 5.42. The predicted octanol–water partition coefficient (Wildman–Crippen LogP) is 2.97. The van der Waals surface area contributed by atoms with Crippen molar-refractivity contribution in [3.8, 4) is 11.5 Å². The van der Waals surface area contributed by atoms with Crippen molar-refractivity contribution >= 4 is 11.3 Å². The van der Waals surface area contributed by atoms with Gasteiger partial charge in [-0.3, -0.25) is 0 Å². The van der Waals surface area contributed by atoms with E-state index in [1.54, 1.807) is 11.3 Å². The van der Waals surface area contributed by atoms with Crippen molar-refractivity contribution in [3.63, 3.8) is 0 Å². The summed E-state index contributed by atoms with van der Waals surface area (Å²) in [6.07, 6.45) is 0.904. The summed E-state index contributed by atoms with van der Waals surface area (Å²) in [5, 5.41) is 0.939. The summed E-state index contributed by atoms with van der Waals surface area (Å²) < 4.78 is 11.3. The van der Waals surface area contributed by atoms with Gasteiger partial charge in [-0.2, -0.15) is 0 Å². The summed E-state index contributed by atoms with van der Waals surface area (Å²) in [6.45, 7) is 5.46. The van der Waals surface area contributed by atoms with Gasteiger partial charge in [-0.1, -0.05) is 6.07 Å². The zero-order valence-corrected chi connectivity index (χ0v) is 12.5. The molecule has 106 valence electrons. The first-order valence-corrected chi connectivity index (χ1v) is 7.56. The quantitative estimate of drug-likeness (QED) is 0.924. The van der Waals surface area contributed by atoms with E-state index in [1.807, 2.05) is 25.1 Å². The van der Waals surface area contributed by atoms with Crippen molar-refractivity contribution in [2.24, 2.45) is 5.73 Å². The van der Waals surface area contributed by atoms with Crippen LogP contribution < -0.4 is 15.2 Å². The minimum Gasteiger partial charge on any atom is -0.490 e. The Bertz CT molecular complexity index is 605. The van der Waals surface area contributed by atoms with Crippen LogP contribution in [0.25, 0.3) is 0 Å². The smallest absolute Gasteiger partial charge is 0.161 e. The topological polar surface area (TPSA) is 57.4 Å². The number of nitrogens with two attached hydrogens (primary N) is 1. The zero-order valence-electron chi connectivity index (χ0n) is 11.7. The third-order valence-electron chi connectivity index (χ3n) is 3.44. The second-order valence-corrected chi connectivity index (χ2v) is 6.16. The minimum absolute atomic E-state index is 0.218. The Morgan fingerprint density at radius 3 is 2.65 bits per heavy atom. The number of hydrogen-bond acceptors (Lipinski definition) is 5. The summed E-state index contributed by atoms with van der Waals surface area (Å²) in [4.78, 5) is 5.75. The normalized spacial score (nSPS) is 15.8. The largest absolute Gasteiger partial charge is 0.490 e. The molecule has 0 saturated carbocycles. The number of rotatable bonds is 2. The van der Waals surface area contributed by atoms with E-state index in [9.17, 15) is 0 Å². The molecule has 1 aromatic heterocycles. The van der Waals surface area contributed by atoms with Crippen molar-refractivity contribution < 1.29 is 9.47 Å². The van der Waals surface area contributed by atoms with Crippen LogP contribution in [0.2, 0.25) is 0 Å². The summed E-state index contributed by atoms with van der Waals surface area (Å²) in [7, 11) is 0. The molecular formula is C15H18N2O2S. The molecule has 4 nitrogen and oxygen atoms in total. The Hall–Kier alpha value is -1.59. The van der Waals surface area contributed by atoms with Gasteiger partial charge in [-0.25, -0.2) is 4.98 Å². The molecule has 0 spiro atoms. The lowest BCUT2D eigenvalue weighted by atomic mass is 10.1. The van der Waals surface area contributed by atoms with Crippen molar-refractivity contribution in [2.45, 2.75) is 26.3 Å². The second-order valence-electron chi connectivity index (χ2n) is 4.93. The Kier molecular flexibility index (Phi) is 3.63. The number of fused-ring (bicyclic) bond motifs is 1. The molecule has 0 saturated heterocycles. The predicted molar refractivity (Wildman–Crippen MR) is 79.7 cm³/mol. The van der Waals surface area contributed by atoms with Crippen LogP contribution in [-0.2, 0) is 0 Å². The number of aryl methyl sites for hydroxylation is 2. The van der Waals surface area contributed by atoms with Crippen molar-refractivity contribution in [2.75, 3.05) is 13.2 Å². The maximum Gasteiger partial charge on any atom is 0.161 e. The van der Waals surface area contributed by atoms with Gasteiger partial charge in [0.05, 0.1) is 24.9 Å². The van der Waals surface area contributed by atoms with Crippen LogP contribution in [-0.4, -0.2) is 18.2 Å². The zero-order chi connectivity index (χ0) is 14.1. The molecular weight excluding hydrogens is 272 g/mol. The van der Waals surface area contributed by atoms with E-state index < -0.39 is 0 Å². The molecule has 1 aliphatic rings. The third-order valence-corrected chi connectivity index (χ3v) is 4.60. The van der Waals surface area contributed by atoms with Crippen molar-refractivity contribution in [1.82, 2.24) is 4.98 Å². The molecule has 0 fully saturated rings. The number of aromatic nitrogens is 1. The highest BCUT2D eigenvalue weighted by Gasteiger charge is 2.18. The van der Waals surface area contributed by atoms with E-state index in [1.165, 1.54) is 4.88 Å². The lowest BCUT2D eigenvalue weighted by molar-refractivity contribution is 0.297. The lowest BCUT2D eigenvalue weighted by Gasteiger charge is -2.13. The Labute approximate surface area is 122 Å². The summed E-state index contributed by atoms with van der Waals surface area (Å²) >= 11 is 1.65. The fourth-order valence-corrected chi connectivity index (χ4v) is 3.10. The molecule has 5 heteroatoms. The third kappa shape index (κ3) is 2.51. The van der Waals surface area contributed by atoms with E-state index >= 15 is 0 Å². The van der Waals surface area contributed by atoms with Gasteiger partial charge >= 0.3 is 0 Å². The van der Waals surface area contributed by atoms with Gasteiger partial charge in [-0.15, -0.1) is 11.3 Å². The summed E-state index contributed by atoms with van der Waals surface area (Å²) in [5.41, 5.74) is 8.38. The van der Waals surface area contributed by atoms with Crippen LogP contribution in [0.4, 0.5) is 0 Å². The minimum atomic E-state index is -0.218. The van der Waals surface area contributed by atoms with Gasteiger partial charge in [0.15, 0.2) is 11.5 Å². The molecule has 2 N–H and O–H groups in total. The maximum absolute atomic E-state index is 6.32. The average molecular weight is 290 g/mol. The SMILES string of the molecule is Cc1nc(C(N)c2ccc3c(c2)OCCCO3)sc1C. The van der Waals surface area contributed by atoms with Crippen molar-refractivity contribution in [1.29, 1.82) is 0 Å². The molecule has 20 heavy (non-hydrogen) atoms. The van der Waals surface area contributed by atoms with Crippen LogP contribution in [0, 0.1) is 13.8 Å². The van der Waals surface area contributed by atoms with Gasteiger partial charge in [0.2, 0.25) is 0 Å². The summed E-state index contributed by atoms with van der Waals surface area (Å²) in [6, 6.07) is 5.68. The molecule has 0 amide bonds. The highest BCUT2D eigenvalue weighted by atomic mass is 32.1. The van der Waals surface area contributed by atoms with E-state index in [4.69, 9.17) is 15.2 Å². The molecule has 0 aliphatic carbocycles. The first kappa shape index (κ1) is 13.4. The van der Waals surface area contributed by atoms with E-state index in [2.05, 4.69) is 11.9 Å². The van der Waals surface area contributed by atoms with E-state index in [0.717, 1.165) is 34.2 Å². The lowest BCUT2D eigenvalue weighted by Crippen LogP contribution is -2.11. The van der Waals surface area contributed by atoms with Crippen LogP contribution in [0.3, 0.4) is 0 Å². The van der Waals surface area contributed by atoms with Crippen LogP contribution >= 0.6 is 11.3 Å². The molecule has 2 heterocycles. The highest BCUT2D eigenvalue weighted by molar-refractivity contribution is 7.11. The fourth-order valence-electron chi connectivity index (χ4n) is 2.15. The first-order chi connectivity index (χ1) is 9.65. The summed E-state index contributed by atoms with van der Waals surface area (Å²) in [5.74, 6) is 1.57. The van der Waals surface area contributed by atoms with Crippen molar-refractivity contribution in [3.05, 3.63) is 39.3 Å². The molecule has 1 aliphatic heterocycles. The van der Waals surface area contributed by atoms with Crippen LogP contribution in [0.15, 0.2) is 18.2 Å². The maximum atomic E-state index is 6.32. The van der Waals surface area contributed by atoms with E-state index in [-0.39, 0.29) is 6.04 Å². The van der Waals surface area contributed by atoms with Gasteiger partial charge in [0.1, 0.15) is 5.01 Å². The monoisotopic (exact) mass is 290 g/mol. The molecule has 2 aromatic rings. The van der Waals surface area contributed by atoms with Gasteiger partial charge in [0.25, 0.3) is 0 Å². The van der Waals surface area contributed by atoms with Gasteiger partial charge < -0.3 is 15.2 Å².